The monoisotopic (exact) mass is 324 g/mol. The second-order valence-corrected chi connectivity index (χ2v) is 7.32. The number of hydrogen-bond donors (Lipinski definition) is 1. The van der Waals surface area contributed by atoms with Gasteiger partial charge in [0.1, 0.15) is 11.6 Å². The molecule has 1 fully saturated rings. The molecule has 1 aliphatic rings. The van der Waals surface area contributed by atoms with Crippen LogP contribution in [0.25, 0.3) is 0 Å². The van der Waals surface area contributed by atoms with Crippen molar-refractivity contribution in [2.24, 2.45) is 5.92 Å². The molecule has 1 N–H and O–H groups in total. The molecule has 2 rings (SSSR count). The normalized spacial score (nSPS) is 15.8. The van der Waals surface area contributed by atoms with E-state index < -0.39 is 14.9 Å². The largest absolute Gasteiger partial charge is 0.385 e. The molecule has 0 aromatic heterocycles. The number of nitrogens with one attached hydrogen (secondary N) is 1. The Balaban J connectivity index is 1.92. The molecule has 0 unspecified atom stereocenters. The lowest BCUT2D eigenvalue weighted by Crippen LogP contribution is -2.52. The molecule has 9 heteroatoms. The molecule has 0 bridgehead atoms. The molecule has 1 heterocycles. The van der Waals surface area contributed by atoms with Gasteiger partial charge in [-0.15, -0.1) is 0 Å². The molecular formula is C13H16N4O4S. The van der Waals surface area contributed by atoms with Gasteiger partial charge in [-0.2, -0.15) is 5.26 Å². The highest BCUT2D eigenvalue weighted by Crippen LogP contribution is 2.24. The molecule has 1 aliphatic heterocycles. The number of sulfonamides is 1. The molecular weight excluding hydrogens is 308 g/mol. The Morgan fingerprint density at radius 3 is 2.73 bits per heavy atom. The molecule has 0 spiro atoms. The van der Waals surface area contributed by atoms with Crippen LogP contribution in [0.15, 0.2) is 18.2 Å². The minimum absolute atomic E-state index is 0.00111. The fourth-order valence-corrected chi connectivity index (χ4v) is 3.46. The number of nitro benzene ring substituents is 1. The van der Waals surface area contributed by atoms with Gasteiger partial charge in [-0.1, -0.05) is 0 Å². The predicted octanol–water partition coefficient (Wildman–Crippen LogP) is 1.16. The van der Waals surface area contributed by atoms with Crippen LogP contribution in [0, 0.1) is 27.4 Å². The fraction of sp³-hybridized carbons (Fsp3) is 0.462. The number of anilines is 1. The Hall–Kier alpha value is -2.18. The summed E-state index contributed by atoms with van der Waals surface area (Å²) in [4.78, 5) is 10.1. The van der Waals surface area contributed by atoms with Gasteiger partial charge >= 0.3 is 0 Å². The van der Waals surface area contributed by atoms with Gasteiger partial charge in [0.25, 0.3) is 5.69 Å². The summed E-state index contributed by atoms with van der Waals surface area (Å²) in [7, 11) is -3.12. The van der Waals surface area contributed by atoms with E-state index in [0.717, 1.165) is 0 Å². The van der Waals surface area contributed by atoms with E-state index in [2.05, 4.69) is 5.32 Å². The zero-order valence-electron chi connectivity index (χ0n) is 12.0. The maximum absolute atomic E-state index is 11.6. The van der Waals surface area contributed by atoms with Crippen molar-refractivity contribution >= 4 is 21.4 Å². The van der Waals surface area contributed by atoms with Gasteiger partial charge in [0, 0.05) is 37.3 Å². The maximum atomic E-state index is 11.6. The summed E-state index contributed by atoms with van der Waals surface area (Å²) in [6.45, 7) is 3.11. The second kappa shape index (κ2) is 6.29. The number of benzene rings is 1. The molecule has 8 nitrogen and oxygen atoms in total. The van der Waals surface area contributed by atoms with Gasteiger partial charge in [0.05, 0.1) is 10.7 Å². The molecule has 0 saturated carbocycles. The summed E-state index contributed by atoms with van der Waals surface area (Å²) >= 11 is 0. The second-order valence-electron chi connectivity index (χ2n) is 5.07. The van der Waals surface area contributed by atoms with Crippen LogP contribution in [0.3, 0.4) is 0 Å². The first kappa shape index (κ1) is 16.2. The van der Waals surface area contributed by atoms with Crippen LogP contribution in [-0.4, -0.2) is 43.0 Å². The molecule has 1 aromatic rings. The average molecular weight is 324 g/mol. The highest BCUT2D eigenvalue weighted by atomic mass is 32.2. The Kier molecular flexibility index (Phi) is 4.63. The summed E-state index contributed by atoms with van der Waals surface area (Å²) in [6, 6.07) is 6.05. The van der Waals surface area contributed by atoms with Crippen LogP contribution in [0.5, 0.6) is 0 Å². The zero-order valence-corrected chi connectivity index (χ0v) is 12.8. The van der Waals surface area contributed by atoms with Gasteiger partial charge in [0.2, 0.25) is 10.0 Å². The van der Waals surface area contributed by atoms with Gasteiger partial charge in [-0.3, -0.25) is 10.1 Å². The molecule has 1 aromatic carbocycles. The van der Waals surface area contributed by atoms with Crippen molar-refractivity contribution in [3.63, 3.8) is 0 Å². The molecule has 0 amide bonds. The highest BCUT2D eigenvalue weighted by molar-refractivity contribution is 7.89. The van der Waals surface area contributed by atoms with Crippen LogP contribution in [-0.2, 0) is 10.0 Å². The summed E-state index contributed by atoms with van der Waals surface area (Å²) in [5.74, 6) is 0.295. The first-order chi connectivity index (χ1) is 10.4. The summed E-state index contributed by atoms with van der Waals surface area (Å²) in [5.41, 5.74) is 0.384. The molecule has 0 atom stereocenters. The van der Waals surface area contributed by atoms with Crippen molar-refractivity contribution in [1.29, 1.82) is 5.26 Å². The van der Waals surface area contributed by atoms with Crippen LogP contribution in [0.4, 0.5) is 11.4 Å². The molecule has 0 aliphatic carbocycles. The van der Waals surface area contributed by atoms with E-state index in [0.29, 0.717) is 25.3 Å². The SMILES string of the molecule is CCS(=O)(=O)N1CC(CNc2ccc([N+](=O)[O-])c(C#N)c2)C1. The number of nitrogens with zero attached hydrogens (tertiary/aromatic N) is 3. The van der Waals surface area contributed by atoms with Gasteiger partial charge in [0.15, 0.2) is 0 Å². The summed E-state index contributed by atoms with van der Waals surface area (Å²) in [6.07, 6.45) is 0. The van der Waals surface area contributed by atoms with E-state index in [-0.39, 0.29) is 22.9 Å². The summed E-state index contributed by atoms with van der Waals surface area (Å²) < 4.78 is 24.6. The lowest BCUT2D eigenvalue weighted by atomic mass is 10.0. The van der Waals surface area contributed by atoms with Gasteiger partial charge in [-0.05, 0) is 19.1 Å². The minimum atomic E-state index is -3.12. The topological polar surface area (TPSA) is 116 Å². The first-order valence-electron chi connectivity index (χ1n) is 6.77. The summed E-state index contributed by atoms with van der Waals surface area (Å²) in [5, 5.41) is 22.7. The third-order valence-electron chi connectivity index (χ3n) is 3.59. The highest BCUT2D eigenvalue weighted by Gasteiger charge is 2.34. The molecule has 0 radical (unpaired) electrons. The van der Waals surface area contributed by atoms with Gasteiger partial charge in [-0.25, -0.2) is 12.7 Å². The van der Waals surface area contributed by atoms with Crippen LogP contribution in [0.1, 0.15) is 12.5 Å². The molecule has 22 heavy (non-hydrogen) atoms. The number of nitriles is 1. The van der Waals surface area contributed by atoms with Crippen molar-refractivity contribution in [2.45, 2.75) is 6.92 Å². The number of rotatable bonds is 6. The Morgan fingerprint density at radius 1 is 1.50 bits per heavy atom. The van der Waals surface area contributed by atoms with E-state index in [9.17, 15) is 18.5 Å². The van der Waals surface area contributed by atoms with Crippen molar-refractivity contribution in [3.05, 3.63) is 33.9 Å². The maximum Gasteiger partial charge on any atom is 0.287 e. The third-order valence-corrected chi connectivity index (χ3v) is 5.40. The Morgan fingerprint density at radius 2 is 2.18 bits per heavy atom. The van der Waals surface area contributed by atoms with E-state index >= 15 is 0 Å². The quantitative estimate of drug-likeness (QED) is 0.620. The predicted molar refractivity (Wildman–Crippen MR) is 80.8 cm³/mol. The Bertz CT molecular complexity index is 720. The van der Waals surface area contributed by atoms with Crippen molar-refractivity contribution in [3.8, 4) is 6.07 Å². The standard InChI is InChI=1S/C13H16N4O4S/c1-2-22(20,21)16-8-10(9-16)7-15-12-3-4-13(17(18)19)11(5-12)6-14/h3-5,10,15H,2,7-9H2,1H3. The van der Waals surface area contributed by atoms with Gasteiger partial charge < -0.3 is 5.32 Å². The van der Waals surface area contributed by atoms with E-state index in [1.807, 2.05) is 0 Å². The number of nitro groups is 1. The smallest absolute Gasteiger partial charge is 0.287 e. The van der Waals surface area contributed by atoms with Crippen LogP contribution >= 0.6 is 0 Å². The van der Waals surface area contributed by atoms with E-state index in [4.69, 9.17) is 5.26 Å². The van der Waals surface area contributed by atoms with Crippen molar-refractivity contribution in [1.82, 2.24) is 4.31 Å². The van der Waals surface area contributed by atoms with Crippen molar-refractivity contribution < 1.29 is 13.3 Å². The van der Waals surface area contributed by atoms with E-state index in [1.165, 1.54) is 22.5 Å². The van der Waals surface area contributed by atoms with Crippen LogP contribution < -0.4 is 5.32 Å². The van der Waals surface area contributed by atoms with E-state index in [1.54, 1.807) is 13.0 Å². The fourth-order valence-electron chi connectivity index (χ4n) is 2.22. The Labute approximate surface area is 128 Å². The first-order valence-corrected chi connectivity index (χ1v) is 8.38. The molecule has 118 valence electrons. The minimum Gasteiger partial charge on any atom is -0.385 e. The average Bonchev–Trinajstić information content (AvgIpc) is 2.44. The lowest BCUT2D eigenvalue weighted by molar-refractivity contribution is -0.385. The third kappa shape index (κ3) is 3.35. The van der Waals surface area contributed by atoms with Crippen LogP contribution in [0.2, 0.25) is 0 Å². The zero-order chi connectivity index (χ0) is 16.3. The number of hydrogen-bond acceptors (Lipinski definition) is 6. The molecule has 1 saturated heterocycles. The lowest BCUT2D eigenvalue weighted by Gasteiger charge is -2.38. The van der Waals surface area contributed by atoms with Crippen molar-refractivity contribution in [2.75, 3.05) is 30.7 Å².